The van der Waals surface area contributed by atoms with Crippen molar-refractivity contribution in [3.8, 4) is 0 Å². The number of hydrogen-bond acceptors (Lipinski definition) is 4. The Hall–Kier alpha value is -2.65. The number of amides is 2. The quantitative estimate of drug-likeness (QED) is 0.574. The standard InChI is InChI=1S/C23H29ClFN3O4S/c1-15(2)26-23(30)17(4)27(13-18-8-6-7-16(3)11-18)22(29)14-28(33(5,31)32)19-9-10-21(25)20(24)12-19/h6-12,15,17H,13-14H2,1-5H3,(H,26,30)/t17-/m1/s1. The lowest BCUT2D eigenvalue weighted by Gasteiger charge is -2.32. The Kier molecular flexibility index (Phi) is 8.85. The van der Waals surface area contributed by atoms with E-state index in [0.29, 0.717) is 0 Å². The smallest absolute Gasteiger partial charge is 0.244 e. The molecule has 2 rings (SSSR count). The molecule has 0 aromatic heterocycles. The third kappa shape index (κ3) is 7.43. The highest BCUT2D eigenvalue weighted by molar-refractivity contribution is 7.92. The summed E-state index contributed by atoms with van der Waals surface area (Å²) in [7, 11) is -3.92. The monoisotopic (exact) mass is 497 g/mol. The lowest BCUT2D eigenvalue weighted by Crippen LogP contribution is -2.52. The summed E-state index contributed by atoms with van der Waals surface area (Å²) < 4.78 is 39.4. The Labute approximate surface area is 199 Å². The number of nitrogens with one attached hydrogen (secondary N) is 1. The molecule has 0 unspecified atom stereocenters. The van der Waals surface area contributed by atoms with E-state index in [1.165, 1.54) is 11.0 Å². The van der Waals surface area contributed by atoms with E-state index in [9.17, 15) is 22.4 Å². The van der Waals surface area contributed by atoms with Gasteiger partial charge in [-0.3, -0.25) is 13.9 Å². The molecule has 2 aromatic carbocycles. The summed E-state index contributed by atoms with van der Waals surface area (Å²) in [5.74, 6) is -1.66. The van der Waals surface area contributed by atoms with E-state index in [1.807, 2.05) is 31.2 Å². The van der Waals surface area contributed by atoms with E-state index >= 15 is 0 Å². The largest absolute Gasteiger partial charge is 0.352 e. The average Bonchev–Trinajstić information content (AvgIpc) is 2.70. The van der Waals surface area contributed by atoms with Gasteiger partial charge in [-0.1, -0.05) is 41.4 Å². The molecule has 0 saturated heterocycles. The molecular formula is C23H29ClFN3O4S. The number of nitrogens with zero attached hydrogens (tertiary/aromatic N) is 2. The molecule has 1 N–H and O–H groups in total. The first kappa shape index (κ1) is 26.6. The van der Waals surface area contributed by atoms with E-state index in [0.717, 1.165) is 33.8 Å². The number of hydrogen-bond donors (Lipinski definition) is 1. The summed E-state index contributed by atoms with van der Waals surface area (Å²) in [5, 5.41) is 2.51. The first-order valence-corrected chi connectivity index (χ1v) is 12.6. The number of halogens is 2. The summed E-state index contributed by atoms with van der Waals surface area (Å²) in [4.78, 5) is 27.4. The SMILES string of the molecule is Cc1cccc(CN(C(=O)CN(c2ccc(F)c(Cl)c2)S(C)(=O)=O)[C@H](C)C(=O)NC(C)C)c1. The predicted octanol–water partition coefficient (Wildman–Crippen LogP) is 3.50. The Bertz CT molecular complexity index is 1120. The molecule has 180 valence electrons. The Balaban J connectivity index is 2.41. The number of rotatable bonds is 9. The van der Waals surface area contributed by atoms with Crippen molar-refractivity contribution in [2.24, 2.45) is 0 Å². The molecule has 2 amide bonds. The molecule has 0 aliphatic rings. The maximum atomic E-state index is 13.6. The summed E-state index contributed by atoms with van der Waals surface area (Å²) in [5.41, 5.74) is 1.83. The van der Waals surface area contributed by atoms with Crippen LogP contribution >= 0.6 is 11.6 Å². The van der Waals surface area contributed by atoms with Crippen LogP contribution in [0.5, 0.6) is 0 Å². The zero-order valence-electron chi connectivity index (χ0n) is 19.3. The number of anilines is 1. The van der Waals surface area contributed by atoms with E-state index in [2.05, 4.69) is 5.32 Å². The highest BCUT2D eigenvalue weighted by atomic mass is 35.5. The van der Waals surface area contributed by atoms with Crippen molar-refractivity contribution in [3.05, 3.63) is 64.4 Å². The molecule has 7 nitrogen and oxygen atoms in total. The van der Waals surface area contributed by atoms with Crippen LogP contribution in [0.1, 0.15) is 31.9 Å². The minimum absolute atomic E-state index is 0.0482. The van der Waals surface area contributed by atoms with Crippen LogP contribution < -0.4 is 9.62 Å². The van der Waals surface area contributed by atoms with Gasteiger partial charge in [0.2, 0.25) is 21.8 Å². The molecule has 10 heteroatoms. The Morgan fingerprint density at radius 2 is 1.79 bits per heavy atom. The molecule has 0 aliphatic carbocycles. The van der Waals surface area contributed by atoms with Gasteiger partial charge in [-0.15, -0.1) is 0 Å². The molecule has 1 atom stereocenters. The van der Waals surface area contributed by atoms with Crippen molar-refractivity contribution in [1.29, 1.82) is 0 Å². The van der Waals surface area contributed by atoms with E-state index in [-0.39, 0.29) is 29.2 Å². The van der Waals surface area contributed by atoms with Gasteiger partial charge in [0.25, 0.3) is 0 Å². The molecule has 0 bridgehead atoms. The van der Waals surface area contributed by atoms with Crippen molar-refractivity contribution in [3.63, 3.8) is 0 Å². The van der Waals surface area contributed by atoms with Gasteiger partial charge >= 0.3 is 0 Å². The van der Waals surface area contributed by atoms with Gasteiger partial charge in [0.15, 0.2) is 0 Å². The maximum Gasteiger partial charge on any atom is 0.244 e. The van der Waals surface area contributed by atoms with Gasteiger partial charge in [-0.25, -0.2) is 12.8 Å². The third-order valence-electron chi connectivity index (χ3n) is 4.90. The van der Waals surface area contributed by atoms with Crippen molar-refractivity contribution >= 4 is 39.1 Å². The molecule has 2 aromatic rings. The first-order valence-electron chi connectivity index (χ1n) is 10.4. The lowest BCUT2D eigenvalue weighted by atomic mass is 10.1. The summed E-state index contributed by atoms with van der Waals surface area (Å²) in [6.07, 6.45) is 0.942. The van der Waals surface area contributed by atoms with Crippen molar-refractivity contribution in [1.82, 2.24) is 10.2 Å². The summed E-state index contributed by atoms with van der Waals surface area (Å²) in [6.45, 7) is 6.64. The van der Waals surface area contributed by atoms with Gasteiger partial charge in [0, 0.05) is 12.6 Å². The van der Waals surface area contributed by atoms with Crippen molar-refractivity contribution < 1.29 is 22.4 Å². The normalized spacial score (nSPS) is 12.4. The third-order valence-corrected chi connectivity index (χ3v) is 6.33. The number of carbonyl (C=O) groups excluding carboxylic acids is 2. The molecule has 0 heterocycles. The second-order valence-electron chi connectivity index (χ2n) is 8.22. The van der Waals surface area contributed by atoms with Gasteiger partial charge in [-0.05, 0) is 51.5 Å². The maximum absolute atomic E-state index is 13.6. The molecule has 0 spiro atoms. The second-order valence-corrected chi connectivity index (χ2v) is 10.5. The zero-order chi connectivity index (χ0) is 24.9. The van der Waals surface area contributed by atoms with Crippen molar-refractivity contribution in [2.75, 3.05) is 17.1 Å². The molecule has 0 fully saturated rings. The topological polar surface area (TPSA) is 86.8 Å². The minimum Gasteiger partial charge on any atom is -0.352 e. The Morgan fingerprint density at radius 1 is 1.12 bits per heavy atom. The van der Waals surface area contributed by atoms with Gasteiger partial charge in [0.1, 0.15) is 18.4 Å². The number of sulfonamides is 1. The average molecular weight is 498 g/mol. The molecular weight excluding hydrogens is 469 g/mol. The van der Waals surface area contributed by atoms with Crippen LogP contribution in [0.3, 0.4) is 0 Å². The predicted molar refractivity (Wildman–Crippen MR) is 128 cm³/mol. The van der Waals surface area contributed by atoms with Crippen LogP contribution in [-0.2, 0) is 26.2 Å². The summed E-state index contributed by atoms with van der Waals surface area (Å²) in [6, 6.07) is 9.88. The Morgan fingerprint density at radius 3 is 2.33 bits per heavy atom. The van der Waals surface area contributed by atoms with Crippen molar-refractivity contribution in [2.45, 2.75) is 46.3 Å². The van der Waals surface area contributed by atoms with Crippen LogP contribution in [-0.4, -0.2) is 50.0 Å². The molecule has 0 radical (unpaired) electrons. The lowest BCUT2D eigenvalue weighted by molar-refractivity contribution is -0.139. The minimum atomic E-state index is -3.92. The fourth-order valence-electron chi connectivity index (χ4n) is 3.25. The van der Waals surface area contributed by atoms with Gasteiger partial charge in [0.05, 0.1) is 17.0 Å². The molecule has 33 heavy (non-hydrogen) atoms. The number of aryl methyl sites for hydroxylation is 1. The van der Waals surface area contributed by atoms with Crippen LogP contribution in [0.25, 0.3) is 0 Å². The summed E-state index contributed by atoms with van der Waals surface area (Å²) >= 11 is 5.82. The number of carbonyl (C=O) groups is 2. The second kappa shape index (κ2) is 11.0. The van der Waals surface area contributed by atoms with E-state index < -0.39 is 34.3 Å². The van der Waals surface area contributed by atoms with Crippen LogP contribution in [0.4, 0.5) is 10.1 Å². The zero-order valence-corrected chi connectivity index (χ0v) is 20.9. The number of benzene rings is 2. The highest BCUT2D eigenvalue weighted by Crippen LogP contribution is 2.25. The van der Waals surface area contributed by atoms with Gasteiger partial charge in [-0.2, -0.15) is 0 Å². The first-order chi connectivity index (χ1) is 15.3. The van der Waals surface area contributed by atoms with Crippen LogP contribution in [0.2, 0.25) is 5.02 Å². The van der Waals surface area contributed by atoms with E-state index in [1.54, 1.807) is 20.8 Å². The highest BCUT2D eigenvalue weighted by Gasteiger charge is 2.30. The molecule has 0 aliphatic heterocycles. The molecule has 0 saturated carbocycles. The fourth-order valence-corrected chi connectivity index (χ4v) is 4.27. The van der Waals surface area contributed by atoms with Crippen LogP contribution in [0, 0.1) is 12.7 Å². The fraction of sp³-hybridized carbons (Fsp3) is 0.391. The van der Waals surface area contributed by atoms with E-state index in [4.69, 9.17) is 11.6 Å². The van der Waals surface area contributed by atoms with Gasteiger partial charge < -0.3 is 10.2 Å². The van der Waals surface area contributed by atoms with Crippen LogP contribution in [0.15, 0.2) is 42.5 Å².